The number of pyridine rings is 1. The number of fused-ring (bicyclic) bond motifs is 1. The summed E-state index contributed by atoms with van der Waals surface area (Å²) in [5.74, 6) is 1.77. The van der Waals surface area contributed by atoms with E-state index in [2.05, 4.69) is 55.4 Å². The third-order valence-corrected chi connectivity index (χ3v) is 5.30. The van der Waals surface area contributed by atoms with Gasteiger partial charge in [0.2, 0.25) is 0 Å². The van der Waals surface area contributed by atoms with Crippen LogP contribution in [0.1, 0.15) is 24.2 Å². The Kier molecular flexibility index (Phi) is 4.99. The van der Waals surface area contributed by atoms with Gasteiger partial charge >= 0.3 is 0 Å². The van der Waals surface area contributed by atoms with Gasteiger partial charge in [0.15, 0.2) is 0 Å². The van der Waals surface area contributed by atoms with Crippen LogP contribution in [0.2, 0.25) is 0 Å². The standard InChI is InChI=1S/C19H28N6/c1-15-10-19-22-12-16(13-25(19)23-15)11-21-17-5-8-24(9-6-17)14-18-4-2-3-7-20-18/h2-4,7,10,16-17,21-22H,5-6,8-9,11-14H2,1H3/t16-/m0/s1. The molecule has 1 fully saturated rings. The van der Waals surface area contributed by atoms with Crippen LogP contribution in [0.4, 0.5) is 5.82 Å². The third kappa shape index (κ3) is 4.19. The first kappa shape index (κ1) is 16.5. The fraction of sp³-hybridized carbons (Fsp3) is 0.579. The molecule has 0 bridgehead atoms. The molecule has 4 heterocycles. The second-order valence-corrected chi connectivity index (χ2v) is 7.38. The highest BCUT2D eigenvalue weighted by Gasteiger charge is 2.23. The summed E-state index contributed by atoms with van der Waals surface area (Å²) in [7, 11) is 0. The summed E-state index contributed by atoms with van der Waals surface area (Å²) in [5, 5.41) is 11.9. The Morgan fingerprint density at radius 2 is 2.16 bits per heavy atom. The van der Waals surface area contributed by atoms with E-state index in [0.29, 0.717) is 12.0 Å². The summed E-state index contributed by atoms with van der Waals surface area (Å²) < 4.78 is 2.11. The Hall–Kier alpha value is -1.92. The molecule has 0 amide bonds. The molecule has 2 aromatic heterocycles. The molecular weight excluding hydrogens is 312 g/mol. The molecule has 6 heteroatoms. The quantitative estimate of drug-likeness (QED) is 0.870. The topological polar surface area (TPSA) is 58.0 Å². The largest absolute Gasteiger partial charge is 0.370 e. The number of rotatable bonds is 5. The number of likely N-dealkylation sites (tertiary alicyclic amines) is 1. The summed E-state index contributed by atoms with van der Waals surface area (Å²) in [4.78, 5) is 6.95. The number of nitrogens with one attached hydrogen (secondary N) is 2. The zero-order valence-corrected chi connectivity index (χ0v) is 15.0. The number of nitrogens with zero attached hydrogens (tertiary/aromatic N) is 4. The van der Waals surface area contributed by atoms with Crippen LogP contribution in [-0.2, 0) is 13.1 Å². The van der Waals surface area contributed by atoms with Crippen molar-refractivity contribution >= 4 is 5.82 Å². The Morgan fingerprint density at radius 1 is 1.28 bits per heavy atom. The van der Waals surface area contributed by atoms with Crippen LogP contribution < -0.4 is 10.6 Å². The lowest BCUT2D eigenvalue weighted by molar-refractivity contribution is 0.185. The van der Waals surface area contributed by atoms with Crippen LogP contribution in [0.15, 0.2) is 30.5 Å². The number of aryl methyl sites for hydroxylation is 1. The van der Waals surface area contributed by atoms with E-state index in [1.54, 1.807) is 0 Å². The van der Waals surface area contributed by atoms with Crippen LogP contribution >= 0.6 is 0 Å². The Morgan fingerprint density at radius 3 is 2.96 bits per heavy atom. The molecule has 2 aromatic rings. The van der Waals surface area contributed by atoms with Gasteiger partial charge in [0.1, 0.15) is 5.82 Å². The molecule has 2 aliphatic heterocycles. The summed E-state index contributed by atoms with van der Waals surface area (Å²) in [6, 6.07) is 8.93. The maximum Gasteiger partial charge on any atom is 0.124 e. The Bertz CT molecular complexity index is 674. The predicted octanol–water partition coefficient (Wildman–Crippen LogP) is 1.88. The normalized spacial score (nSPS) is 21.7. The van der Waals surface area contributed by atoms with Gasteiger partial charge < -0.3 is 10.6 Å². The first-order chi connectivity index (χ1) is 12.3. The van der Waals surface area contributed by atoms with Gasteiger partial charge in [-0.15, -0.1) is 0 Å². The SMILES string of the molecule is Cc1cc2n(n1)C[C@@H](CNC1CCN(Cc3ccccn3)CC1)CN2. The first-order valence-electron chi connectivity index (χ1n) is 9.40. The minimum absolute atomic E-state index is 0.610. The van der Waals surface area contributed by atoms with Crippen LogP contribution in [-0.4, -0.2) is 51.9 Å². The van der Waals surface area contributed by atoms with E-state index in [1.807, 2.05) is 12.3 Å². The maximum atomic E-state index is 4.56. The molecule has 4 rings (SSSR count). The molecule has 2 aliphatic rings. The van der Waals surface area contributed by atoms with Gasteiger partial charge in [-0.1, -0.05) is 6.07 Å². The molecule has 134 valence electrons. The van der Waals surface area contributed by atoms with E-state index in [4.69, 9.17) is 0 Å². The van der Waals surface area contributed by atoms with Crippen LogP contribution in [0.3, 0.4) is 0 Å². The Labute approximate surface area is 149 Å². The number of anilines is 1. The van der Waals surface area contributed by atoms with E-state index in [9.17, 15) is 0 Å². The average Bonchev–Trinajstić information content (AvgIpc) is 3.01. The van der Waals surface area contributed by atoms with Gasteiger partial charge in [-0.2, -0.15) is 5.10 Å². The average molecular weight is 340 g/mol. The van der Waals surface area contributed by atoms with Gasteiger partial charge in [-0.05, 0) is 31.9 Å². The molecule has 1 atom stereocenters. The molecule has 0 radical (unpaired) electrons. The lowest BCUT2D eigenvalue weighted by atomic mass is 10.0. The fourth-order valence-corrected chi connectivity index (χ4v) is 3.87. The molecule has 1 saturated heterocycles. The van der Waals surface area contributed by atoms with Crippen molar-refractivity contribution in [1.82, 2.24) is 25.0 Å². The minimum Gasteiger partial charge on any atom is -0.370 e. The molecule has 25 heavy (non-hydrogen) atoms. The van der Waals surface area contributed by atoms with Gasteiger partial charge in [-0.25, -0.2) is 4.68 Å². The fourth-order valence-electron chi connectivity index (χ4n) is 3.87. The molecule has 2 N–H and O–H groups in total. The highest BCUT2D eigenvalue weighted by Crippen LogP contribution is 2.19. The van der Waals surface area contributed by atoms with Crippen molar-refractivity contribution in [2.24, 2.45) is 5.92 Å². The summed E-state index contributed by atoms with van der Waals surface area (Å²) in [5.41, 5.74) is 2.27. The van der Waals surface area contributed by atoms with Crippen LogP contribution in [0.5, 0.6) is 0 Å². The number of hydrogen-bond donors (Lipinski definition) is 2. The monoisotopic (exact) mass is 340 g/mol. The lowest BCUT2D eigenvalue weighted by Crippen LogP contribution is -2.45. The van der Waals surface area contributed by atoms with Crippen LogP contribution in [0, 0.1) is 12.8 Å². The molecule has 0 aliphatic carbocycles. The van der Waals surface area contributed by atoms with Crippen molar-refractivity contribution in [2.75, 3.05) is 31.5 Å². The predicted molar refractivity (Wildman–Crippen MR) is 99.5 cm³/mol. The van der Waals surface area contributed by atoms with Crippen molar-refractivity contribution in [3.05, 3.63) is 41.9 Å². The summed E-state index contributed by atoms with van der Waals surface area (Å²) >= 11 is 0. The second-order valence-electron chi connectivity index (χ2n) is 7.38. The van der Waals surface area contributed by atoms with Gasteiger partial charge in [0.25, 0.3) is 0 Å². The van der Waals surface area contributed by atoms with Gasteiger partial charge in [0, 0.05) is 63.5 Å². The van der Waals surface area contributed by atoms with Crippen molar-refractivity contribution in [2.45, 2.75) is 38.9 Å². The molecule has 0 unspecified atom stereocenters. The highest BCUT2D eigenvalue weighted by atomic mass is 15.3. The van der Waals surface area contributed by atoms with E-state index >= 15 is 0 Å². The lowest BCUT2D eigenvalue weighted by Gasteiger charge is -2.33. The summed E-state index contributed by atoms with van der Waals surface area (Å²) in [6.07, 6.45) is 4.33. The minimum atomic E-state index is 0.610. The Balaban J connectivity index is 1.19. The first-order valence-corrected chi connectivity index (χ1v) is 9.40. The molecule has 0 saturated carbocycles. The number of hydrogen-bond acceptors (Lipinski definition) is 5. The second kappa shape index (κ2) is 7.54. The zero-order chi connectivity index (χ0) is 17.1. The van der Waals surface area contributed by atoms with Crippen molar-refractivity contribution in [1.29, 1.82) is 0 Å². The zero-order valence-electron chi connectivity index (χ0n) is 15.0. The van der Waals surface area contributed by atoms with Crippen molar-refractivity contribution < 1.29 is 0 Å². The van der Waals surface area contributed by atoms with Gasteiger partial charge in [-0.3, -0.25) is 9.88 Å². The smallest absolute Gasteiger partial charge is 0.124 e. The van der Waals surface area contributed by atoms with Gasteiger partial charge in [0.05, 0.1) is 11.4 Å². The van der Waals surface area contributed by atoms with Crippen LogP contribution in [0.25, 0.3) is 0 Å². The maximum absolute atomic E-state index is 4.56. The van der Waals surface area contributed by atoms with E-state index in [0.717, 1.165) is 50.8 Å². The number of piperidine rings is 1. The van der Waals surface area contributed by atoms with E-state index < -0.39 is 0 Å². The van der Waals surface area contributed by atoms with E-state index in [-0.39, 0.29) is 0 Å². The molecule has 0 spiro atoms. The third-order valence-electron chi connectivity index (χ3n) is 5.30. The molecule has 6 nitrogen and oxygen atoms in total. The molecular formula is C19H28N6. The summed E-state index contributed by atoms with van der Waals surface area (Å²) in [6.45, 7) is 8.45. The molecule has 0 aromatic carbocycles. The van der Waals surface area contributed by atoms with Crippen molar-refractivity contribution in [3.8, 4) is 0 Å². The highest BCUT2D eigenvalue weighted by molar-refractivity contribution is 5.38. The number of aromatic nitrogens is 3. The van der Waals surface area contributed by atoms with E-state index in [1.165, 1.54) is 18.5 Å². The van der Waals surface area contributed by atoms with Crippen molar-refractivity contribution in [3.63, 3.8) is 0 Å².